The second-order valence-corrected chi connectivity index (χ2v) is 8.40. The van der Waals surface area contributed by atoms with Crippen LogP contribution >= 0.6 is 0 Å². The van der Waals surface area contributed by atoms with Crippen LogP contribution in [0, 0.1) is 5.41 Å². The number of esters is 2. The molecule has 5 heteroatoms. The molecule has 0 saturated carbocycles. The molecule has 0 aromatic carbocycles. The van der Waals surface area contributed by atoms with Crippen molar-refractivity contribution in [3.63, 3.8) is 0 Å². The van der Waals surface area contributed by atoms with Gasteiger partial charge < -0.3 is 14.2 Å². The molecule has 0 amide bonds. The van der Waals surface area contributed by atoms with Crippen LogP contribution in [0.3, 0.4) is 0 Å². The maximum absolute atomic E-state index is 11.4. The second-order valence-electron chi connectivity index (χ2n) is 8.40. The highest BCUT2D eigenvalue weighted by molar-refractivity contribution is 5.67. The number of hydrogen-bond donors (Lipinski definition) is 0. The quantitative estimate of drug-likeness (QED) is 0.634. The lowest BCUT2D eigenvalue weighted by Gasteiger charge is -2.42. The van der Waals surface area contributed by atoms with Crippen molar-refractivity contribution in [1.82, 2.24) is 0 Å². The van der Waals surface area contributed by atoms with Gasteiger partial charge in [-0.15, -0.1) is 0 Å². The molecule has 0 fully saturated rings. The van der Waals surface area contributed by atoms with E-state index in [4.69, 9.17) is 14.2 Å². The first-order chi connectivity index (χ1) is 12.8. The third-order valence-corrected chi connectivity index (χ3v) is 6.23. The topological polar surface area (TPSA) is 61.8 Å². The summed E-state index contributed by atoms with van der Waals surface area (Å²) in [6.07, 6.45) is 10.0. The minimum absolute atomic E-state index is 0.0295. The second kappa shape index (κ2) is 8.07. The highest BCUT2D eigenvalue weighted by atomic mass is 16.5. The largest absolute Gasteiger partial charge is 0.494 e. The van der Waals surface area contributed by atoms with Gasteiger partial charge in [0.1, 0.15) is 6.10 Å². The Bertz CT molecular complexity index is 662. The predicted octanol–water partition coefficient (Wildman–Crippen LogP) is 4.60. The van der Waals surface area contributed by atoms with E-state index in [2.05, 4.69) is 13.0 Å². The highest BCUT2D eigenvalue weighted by Gasteiger charge is 2.48. The van der Waals surface area contributed by atoms with E-state index in [9.17, 15) is 9.59 Å². The number of rotatable bonds is 6. The van der Waals surface area contributed by atoms with Crippen molar-refractivity contribution in [1.29, 1.82) is 0 Å². The summed E-state index contributed by atoms with van der Waals surface area (Å²) < 4.78 is 17.1. The Labute approximate surface area is 162 Å². The smallest absolute Gasteiger partial charge is 0.302 e. The maximum atomic E-state index is 11.4. The van der Waals surface area contributed by atoms with Crippen LogP contribution in [0.2, 0.25) is 0 Å². The maximum Gasteiger partial charge on any atom is 0.302 e. The molecule has 0 N–H and O–H groups in total. The first-order valence-corrected chi connectivity index (χ1v) is 10.2. The normalized spacial score (nSPS) is 30.6. The summed E-state index contributed by atoms with van der Waals surface area (Å²) in [4.78, 5) is 22.4. The van der Waals surface area contributed by atoms with Crippen molar-refractivity contribution < 1.29 is 23.8 Å². The predicted molar refractivity (Wildman–Crippen MR) is 102 cm³/mol. The van der Waals surface area contributed by atoms with Crippen LogP contribution in [0.4, 0.5) is 0 Å². The number of carbonyl (C=O) groups is 2. The molecule has 0 saturated heterocycles. The van der Waals surface area contributed by atoms with E-state index in [-0.39, 0.29) is 35.7 Å². The van der Waals surface area contributed by atoms with Gasteiger partial charge in [-0.25, -0.2) is 0 Å². The van der Waals surface area contributed by atoms with Gasteiger partial charge in [0.15, 0.2) is 0 Å². The van der Waals surface area contributed by atoms with Gasteiger partial charge in [0.25, 0.3) is 0 Å². The molecule has 4 unspecified atom stereocenters. The summed E-state index contributed by atoms with van der Waals surface area (Å²) in [6.45, 7) is 7.12. The lowest BCUT2D eigenvalue weighted by Crippen LogP contribution is -2.37. The Morgan fingerprint density at radius 3 is 2.78 bits per heavy atom. The van der Waals surface area contributed by atoms with Gasteiger partial charge in [-0.05, 0) is 56.6 Å². The summed E-state index contributed by atoms with van der Waals surface area (Å²) >= 11 is 0. The zero-order valence-electron chi connectivity index (χ0n) is 17.0. The molecule has 4 atom stereocenters. The van der Waals surface area contributed by atoms with Crippen LogP contribution in [0.15, 0.2) is 23.0 Å². The van der Waals surface area contributed by atoms with E-state index in [0.29, 0.717) is 0 Å². The fourth-order valence-corrected chi connectivity index (χ4v) is 4.86. The molecule has 3 rings (SSSR count). The zero-order valence-corrected chi connectivity index (χ0v) is 17.0. The molecule has 1 heterocycles. The zero-order chi connectivity index (χ0) is 19.6. The standard InChI is InChI=1S/C22H32O5/c1-14(25-15(2)23)6-5-7-17-8-9-18-19-10-11-21(26-16(3)24)22(19,4)13-12-20(18)27-17/h10,14,17,21H,5-9,11-13H2,1-4H3. The van der Waals surface area contributed by atoms with E-state index >= 15 is 0 Å². The Morgan fingerprint density at radius 2 is 2.07 bits per heavy atom. The van der Waals surface area contributed by atoms with Crippen LogP contribution in [0.1, 0.15) is 79.1 Å². The lowest BCUT2D eigenvalue weighted by atomic mass is 9.69. The minimum Gasteiger partial charge on any atom is -0.494 e. The van der Waals surface area contributed by atoms with Crippen molar-refractivity contribution in [2.75, 3.05) is 0 Å². The Kier molecular flexibility index (Phi) is 5.97. The van der Waals surface area contributed by atoms with E-state index in [0.717, 1.165) is 57.1 Å². The monoisotopic (exact) mass is 376 g/mol. The van der Waals surface area contributed by atoms with Crippen molar-refractivity contribution in [3.8, 4) is 0 Å². The van der Waals surface area contributed by atoms with Crippen LogP contribution in [-0.2, 0) is 23.8 Å². The number of ether oxygens (including phenoxy) is 3. The van der Waals surface area contributed by atoms with Crippen LogP contribution in [0.25, 0.3) is 0 Å². The molecule has 1 aliphatic heterocycles. The molecule has 150 valence electrons. The summed E-state index contributed by atoms with van der Waals surface area (Å²) in [5, 5.41) is 0. The number of allylic oxidation sites excluding steroid dienone is 2. The molecule has 0 radical (unpaired) electrons. The van der Waals surface area contributed by atoms with Gasteiger partial charge in [-0.1, -0.05) is 13.0 Å². The van der Waals surface area contributed by atoms with Gasteiger partial charge in [-0.2, -0.15) is 0 Å². The first kappa shape index (κ1) is 20.0. The van der Waals surface area contributed by atoms with Gasteiger partial charge in [0.2, 0.25) is 0 Å². The Balaban J connectivity index is 1.56. The molecule has 0 aromatic rings. The number of hydrogen-bond acceptors (Lipinski definition) is 5. The van der Waals surface area contributed by atoms with Gasteiger partial charge in [0, 0.05) is 32.1 Å². The molecule has 0 bridgehead atoms. The Hall–Kier alpha value is -1.78. The van der Waals surface area contributed by atoms with Crippen LogP contribution < -0.4 is 0 Å². The average Bonchev–Trinajstić information content (AvgIpc) is 2.90. The number of fused-ring (bicyclic) bond motifs is 2. The molecule has 27 heavy (non-hydrogen) atoms. The van der Waals surface area contributed by atoms with E-state index in [1.807, 2.05) is 6.92 Å². The summed E-state index contributed by atoms with van der Waals surface area (Å²) in [5.74, 6) is 0.735. The third kappa shape index (κ3) is 4.39. The lowest BCUT2D eigenvalue weighted by molar-refractivity contribution is -0.151. The molecule has 2 aliphatic carbocycles. The van der Waals surface area contributed by atoms with E-state index in [1.165, 1.54) is 25.0 Å². The van der Waals surface area contributed by atoms with Gasteiger partial charge >= 0.3 is 11.9 Å². The number of carbonyl (C=O) groups excluding carboxylic acids is 2. The van der Waals surface area contributed by atoms with Crippen molar-refractivity contribution in [2.24, 2.45) is 5.41 Å². The molecule has 0 aromatic heterocycles. The van der Waals surface area contributed by atoms with E-state index in [1.54, 1.807) is 0 Å². The summed E-state index contributed by atoms with van der Waals surface area (Å²) in [7, 11) is 0. The third-order valence-electron chi connectivity index (χ3n) is 6.23. The van der Waals surface area contributed by atoms with Gasteiger partial charge in [0.05, 0.1) is 18.0 Å². The first-order valence-electron chi connectivity index (χ1n) is 10.2. The van der Waals surface area contributed by atoms with Crippen molar-refractivity contribution in [2.45, 2.75) is 97.4 Å². The SMILES string of the molecule is CC(=O)OC(C)CCCC1CCC2=C(CCC3(C)C2=CCC3OC(C)=O)O1. The van der Waals surface area contributed by atoms with Crippen LogP contribution in [0.5, 0.6) is 0 Å². The minimum atomic E-state index is -0.214. The molecular weight excluding hydrogens is 344 g/mol. The summed E-state index contributed by atoms with van der Waals surface area (Å²) in [6, 6.07) is 0. The highest BCUT2D eigenvalue weighted by Crippen LogP contribution is 2.54. The molecular formula is C22H32O5. The fourth-order valence-electron chi connectivity index (χ4n) is 4.86. The Morgan fingerprint density at radius 1 is 1.30 bits per heavy atom. The van der Waals surface area contributed by atoms with Crippen LogP contribution in [-0.4, -0.2) is 30.3 Å². The van der Waals surface area contributed by atoms with E-state index < -0.39 is 0 Å². The molecule has 0 spiro atoms. The van der Waals surface area contributed by atoms with Crippen molar-refractivity contribution in [3.05, 3.63) is 23.0 Å². The van der Waals surface area contributed by atoms with Crippen molar-refractivity contribution >= 4 is 11.9 Å². The molecule has 5 nitrogen and oxygen atoms in total. The van der Waals surface area contributed by atoms with Gasteiger partial charge in [-0.3, -0.25) is 9.59 Å². The summed E-state index contributed by atoms with van der Waals surface area (Å²) in [5.41, 5.74) is 2.63. The average molecular weight is 376 g/mol. The fraction of sp³-hybridized carbons (Fsp3) is 0.727. The molecule has 3 aliphatic rings.